The molecule has 2 saturated heterocycles. The molecule has 1 amide bonds. The summed E-state index contributed by atoms with van der Waals surface area (Å²) in [5, 5.41) is 20.0. The SMILES string of the molecule is C=C(C(O)C(O)C(=O)N1CCCC1)N1CCCC1. The predicted molar refractivity (Wildman–Crippen MR) is 67.8 cm³/mol. The summed E-state index contributed by atoms with van der Waals surface area (Å²) >= 11 is 0. The minimum Gasteiger partial charge on any atom is -0.384 e. The molecule has 0 saturated carbocycles. The van der Waals surface area contributed by atoms with E-state index in [9.17, 15) is 15.0 Å². The molecule has 2 rings (SSSR count). The Kier molecular flexibility index (Phi) is 4.24. The summed E-state index contributed by atoms with van der Waals surface area (Å²) in [4.78, 5) is 15.5. The summed E-state index contributed by atoms with van der Waals surface area (Å²) < 4.78 is 0. The molecule has 18 heavy (non-hydrogen) atoms. The topological polar surface area (TPSA) is 64.0 Å². The molecular weight excluding hydrogens is 232 g/mol. The highest BCUT2D eigenvalue weighted by molar-refractivity contribution is 5.82. The third-order valence-electron chi connectivity index (χ3n) is 3.82. The normalized spacial score (nSPS) is 23.2. The minimum atomic E-state index is -1.38. The van der Waals surface area contributed by atoms with E-state index < -0.39 is 12.2 Å². The van der Waals surface area contributed by atoms with Crippen LogP contribution in [0.2, 0.25) is 0 Å². The lowest BCUT2D eigenvalue weighted by Gasteiger charge is -2.29. The van der Waals surface area contributed by atoms with Crippen LogP contribution in [0.1, 0.15) is 25.7 Å². The Labute approximate surface area is 108 Å². The zero-order valence-corrected chi connectivity index (χ0v) is 10.7. The van der Waals surface area contributed by atoms with Crippen LogP contribution in [0.4, 0.5) is 0 Å². The van der Waals surface area contributed by atoms with E-state index in [-0.39, 0.29) is 5.91 Å². The molecule has 2 heterocycles. The van der Waals surface area contributed by atoms with Gasteiger partial charge in [0.15, 0.2) is 6.10 Å². The number of amides is 1. The van der Waals surface area contributed by atoms with E-state index in [1.54, 1.807) is 4.90 Å². The maximum absolute atomic E-state index is 12.0. The van der Waals surface area contributed by atoms with Crippen molar-refractivity contribution in [2.24, 2.45) is 0 Å². The van der Waals surface area contributed by atoms with Crippen molar-refractivity contribution in [1.29, 1.82) is 0 Å². The fourth-order valence-electron chi connectivity index (χ4n) is 2.63. The molecule has 2 fully saturated rings. The summed E-state index contributed by atoms with van der Waals surface area (Å²) in [7, 11) is 0. The van der Waals surface area contributed by atoms with Gasteiger partial charge in [0.2, 0.25) is 0 Å². The lowest BCUT2D eigenvalue weighted by molar-refractivity contribution is -0.144. The molecule has 5 nitrogen and oxygen atoms in total. The zero-order valence-electron chi connectivity index (χ0n) is 10.7. The van der Waals surface area contributed by atoms with Crippen LogP contribution in [-0.4, -0.2) is 64.3 Å². The van der Waals surface area contributed by atoms with Gasteiger partial charge in [0.05, 0.1) is 0 Å². The van der Waals surface area contributed by atoms with Crippen molar-refractivity contribution < 1.29 is 15.0 Å². The van der Waals surface area contributed by atoms with Gasteiger partial charge in [0.25, 0.3) is 5.91 Å². The third-order valence-corrected chi connectivity index (χ3v) is 3.82. The van der Waals surface area contributed by atoms with Crippen LogP contribution in [0.5, 0.6) is 0 Å². The fourth-order valence-corrected chi connectivity index (χ4v) is 2.63. The van der Waals surface area contributed by atoms with E-state index in [1.165, 1.54) is 0 Å². The highest BCUT2D eigenvalue weighted by Crippen LogP contribution is 2.19. The quantitative estimate of drug-likeness (QED) is 0.738. The summed E-state index contributed by atoms with van der Waals surface area (Å²) in [6, 6.07) is 0. The van der Waals surface area contributed by atoms with Gasteiger partial charge >= 0.3 is 0 Å². The highest BCUT2D eigenvalue weighted by Gasteiger charge is 2.33. The van der Waals surface area contributed by atoms with E-state index in [0.717, 1.165) is 38.8 Å². The number of nitrogens with zero attached hydrogens (tertiary/aromatic N) is 2. The second-order valence-corrected chi connectivity index (χ2v) is 5.11. The first-order chi connectivity index (χ1) is 8.61. The van der Waals surface area contributed by atoms with Crippen molar-refractivity contribution in [1.82, 2.24) is 9.80 Å². The molecule has 5 heteroatoms. The van der Waals surface area contributed by atoms with Crippen molar-refractivity contribution >= 4 is 5.91 Å². The fraction of sp³-hybridized carbons (Fsp3) is 0.769. The van der Waals surface area contributed by atoms with Crippen LogP contribution in [0.15, 0.2) is 12.3 Å². The van der Waals surface area contributed by atoms with Gasteiger partial charge in [0, 0.05) is 31.9 Å². The number of carbonyl (C=O) groups is 1. The molecule has 0 radical (unpaired) electrons. The van der Waals surface area contributed by atoms with E-state index >= 15 is 0 Å². The van der Waals surface area contributed by atoms with E-state index in [1.807, 2.05) is 4.90 Å². The highest BCUT2D eigenvalue weighted by atomic mass is 16.3. The predicted octanol–water partition coefficient (Wildman–Crippen LogP) is -0.0599. The van der Waals surface area contributed by atoms with Crippen molar-refractivity contribution in [2.45, 2.75) is 37.9 Å². The average molecular weight is 254 g/mol. The second-order valence-electron chi connectivity index (χ2n) is 5.11. The van der Waals surface area contributed by atoms with Gasteiger partial charge < -0.3 is 20.0 Å². The van der Waals surface area contributed by atoms with Crippen molar-refractivity contribution in [2.75, 3.05) is 26.2 Å². The average Bonchev–Trinajstić information content (AvgIpc) is 3.06. The van der Waals surface area contributed by atoms with Gasteiger partial charge in [-0.3, -0.25) is 4.79 Å². The van der Waals surface area contributed by atoms with Crippen LogP contribution in [-0.2, 0) is 4.79 Å². The Morgan fingerprint density at radius 2 is 1.33 bits per heavy atom. The molecule has 0 bridgehead atoms. The summed E-state index contributed by atoms with van der Waals surface area (Å²) in [6.45, 7) is 6.87. The molecule has 2 N–H and O–H groups in total. The Hall–Kier alpha value is -1.07. The number of carbonyl (C=O) groups excluding carboxylic acids is 1. The number of aliphatic hydroxyl groups is 2. The standard InChI is InChI=1S/C13H22N2O3/c1-10(14-6-2-3-7-14)11(16)12(17)13(18)15-8-4-5-9-15/h11-12,16-17H,1-9H2. The number of aliphatic hydroxyl groups excluding tert-OH is 2. The van der Waals surface area contributed by atoms with Gasteiger partial charge in [-0.15, -0.1) is 0 Å². The van der Waals surface area contributed by atoms with Crippen LogP contribution in [0, 0.1) is 0 Å². The molecule has 0 aromatic rings. The monoisotopic (exact) mass is 254 g/mol. The van der Waals surface area contributed by atoms with E-state index in [2.05, 4.69) is 6.58 Å². The first-order valence-electron chi connectivity index (χ1n) is 6.70. The Morgan fingerprint density at radius 1 is 0.889 bits per heavy atom. The third kappa shape index (κ3) is 2.67. The summed E-state index contributed by atoms with van der Waals surface area (Å²) in [5.41, 5.74) is 0.465. The first kappa shape index (κ1) is 13.4. The number of hydrogen-bond acceptors (Lipinski definition) is 4. The maximum atomic E-state index is 12.0. The molecule has 0 aliphatic carbocycles. The van der Waals surface area contributed by atoms with Crippen LogP contribution >= 0.6 is 0 Å². The Balaban J connectivity index is 1.92. The maximum Gasteiger partial charge on any atom is 0.254 e. The van der Waals surface area contributed by atoms with E-state index in [4.69, 9.17) is 0 Å². The van der Waals surface area contributed by atoms with Crippen LogP contribution < -0.4 is 0 Å². The van der Waals surface area contributed by atoms with Crippen LogP contribution in [0.25, 0.3) is 0 Å². The molecule has 0 spiro atoms. The zero-order chi connectivity index (χ0) is 13.1. The first-order valence-corrected chi connectivity index (χ1v) is 6.70. The largest absolute Gasteiger partial charge is 0.384 e. The van der Waals surface area contributed by atoms with Gasteiger partial charge in [-0.05, 0) is 25.7 Å². The molecule has 0 aromatic heterocycles. The molecule has 102 valence electrons. The Bertz CT molecular complexity index is 288. The van der Waals surface area contributed by atoms with E-state index in [0.29, 0.717) is 18.8 Å². The van der Waals surface area contributed by atoms with Crippen molar-refractivity contribution in [3.05, 3.63) is 12.3 Å². The Morgan fingerprint density at radius 3 is 1.83 bits per heavy atom. The molecule has 0 aromatic carbocycles. The van der Waals surface area contributed by atoms with Gasteiger partial charge in [0.1, 0.15) is 6.10 Å². The van der Waals surface area contributed by atoms with Gasteiger partial charge in [-0.1, -0.05) is 6.58 Å². The van der Waals surface area contributed by atoms with Gasteiger partial charge in [-0.2, -0.15) is 0 Å². The number of likely N-dealkylation sites (tertiary alicyclic amines) is 2. The molecule has 2 aliphatic rings. The second kappa shape index (κ2) is 5.71. The van der Waals surface area contributed by atoms with Crippen LogP contribution in [0.3, 0.4) is 0 Å². The lowest BCUT2D eigenvalue weighted by atomic mass is 10.1. The van der Waals surface area contributed by atoms with Crippen molar-refractivity contribution in [3.8, 4) is 0 Å². The van der Waals surface area contributed by atoms with Crippen molar-refractivity contribution in [3.63, 3.8) is 0 Å². The summed E-state index contributed by atoms with van der Waals surface area (Å²) in [5.74, 6) is -0.375. The molecule has 2 unspecified atom stereocenters. The molecule has 2 atom stereocenters. The molecule has 2 aliphatic heterocycles. The minimum absolute atomic E-state index is 0.375. The number of rotatable bonds is 4. The lowest BCUT2D eigenvalue weighted by Crippen LogP contribution is -2.46. The van der Waals surface area contributed by atoms with Gasteiger partial charge in [-0.25, -0.2) is 0 Å². The number of hydrogen-bond donors (Lipinski definition) is 2. The smallest absolute Gasteiger partial charge is 0.254 e. The molecular formula is C13H22N2O3. The summed E-state index contributed by atoms with van der Waals surface area (Å²) in [6.07, 6.45) is 1.53.